The summed E-state index contributed by atoms with van der Waals surface area (Å²) in [5.74, 6) is 0. The van der Waals surface area contributed by atoms with E-state index in [1.54, 1.807) is 0 Å². The van der Waals surface area contributed by atoms with E-state index < -0.39 is 0 Å². The molecule has 51 heavy (non-hydrogen) atoms. The fraction of sp³-hybridized carbons (Fsp3) is 0.137. The molecule has 0 amide bonds. The van der Waals surface area contributed by atoms with E-state index in [0.717, 1.165) is 0 Å². The van der Waals surface area contributed by atoms with Crippen molar-refractivity contribution in [1.29, 1.82) is 0 Å². The van der Waals surface area contributed by atoms with Crippen LogP contribution in [-0.4, -0.2) is 0 Å². The maximum atomic E-state index is 2.49. The Morgan fingerprint density at radius 3 is 0.922 bits per heavy atom. The van der Waals surface area contributed by atoms with Gasteiger partial charge in [0.2, 0.25) is 0 Å². The Labute approximate surface area is 301 Å². The third-order valence-electron chi connectivity index (χ3n) is 11.4. The van der Waals surface area contributed by atoms with Gasteiger partial charge < -0.3 is 0 Å². The van der Waals surface area contributed by atoms with Crippen LogP contribution in [0, 0.1) is 48.5 Å². The predicted molar refractivity (Wildman–Crippen MR) is 223 cm³/mol. The summed E-state index contributed by atoms with van der Waals surface area (Å²) < 4.78 is 0. The molecule has 0 fully saturated rings. The number of benzene rings is 9. The molecule has 0 N–H and O–H groups in total. The normalized spacial score (nSPS) is 11.8. The van der Waals surface area contributed by atoms with Gasteiger partial charge in [-0.25, -0.2) is 0 Å². The molecule has 0 nitrogen and oxygen atoms in total. The molecule has 0 atom stereocenters. The highest BCUT2D eigenvalue weighted by Crippen LogP contribution is 2.48. The molecule has 0 heteroatoms. The van der Waals surface area contributed by atoms with Gasteiger partial charge in [0.05, 0.1) is 0 Å². The second kappa shape index (κ2) is 11.7. The van der Waals surface area contributed by atoms with Crippen LogP contribution >= 0.6 is 0 Å². The number of rotatable bonds is 4. The van der Waals surface area contributed by atoms with Crippen molar-refractivity contribution < 1.29 is 0 Å². The lowest BCUT2D eigenvalue weighted by Crippen LogP contribution is -1.95. The molecule has 0 unspecified atom stereocenters. The van der Waals surface area contributed by atoms with Gasteiger partial charge >= 0.3 is 0 Å². The average Bonchev–Trinajstić information content (AvgIpc) is 3.10. The molecule has 0 aliphatic rings. The number of hydrogen-bond donors (Lipinski definition) is 0. The molecular formula is C51H42. The molecule has 0 saturated carbocycles. The van der Waals surface area contributed by atoms with Gasteiger partial charge in [-0.15, -0.1) is 0 Å². The maximum absolute atomic E-state index is 2.49. The molecular weight excluding hydrogens is 613 g/mol. The van der Waals surface area contributed by atoms with Crippen molar-refractivity contribution in [2.75, 3.05) is 0 Å². The summed E-state index contributed by atoms with van der Waals surface area (Å²) in [7, 11) is 0. The first-order valence-corrected chi connectivity index (χ1v) is 18.2. The summed E-state index contributed by atoms with van der Waals surface area (Å²) in [5, 5.41) is 10.5. The third-order valence-corrected chi connectivity index (χ3v) is 11.4. The van der Waals surface area contributed by atoms with E-state index in [1.165, 1.54) is 127 Å². The van der Waals surface area contributed by atoms with Crippen molar-refractivity contribution in [3.8, 4) is 44.5 Å². The Balaban J connectivity index is 1.53. The van der Waals surface area contributed by atoms with Crippen LogP contribution < -0.4 is 0 Å². The molecule has 0 spiro atoms. The molecule has 0 aromatic heterocycles. The number of hydrogen-bond acceptors (Lipinski definition) is 0. The van der Waals surface area contributed by atoms with Crippen molar-refractivity contribution in [3.05, 3.63) is 166 Å². The van der Waals surface area contributed by atoms with Crippen LogP contribution in [0.5, 0.6) is 0 Å². The minimum Gasteiger partial charge on any atom is -0.0620 e. The zero-order valence-electron chi connectivity index (χ0n) is 30.6. The van der Waals surface area contributed by atoms with Gasteiger partial charge in [-0.2, -0.15) is 0 Å². The largest absolute Gasteiger partial charge is 0.0620 e. The molecule has 0 saturated heterocycles. The van der Waals surface area contributed by atoms with Gasteiger partial charge in [-0.3, -0.25) is 0 Å². The lowest BCUT2D eigenvalue weighted by molar-refractivity contribution is 1.38. The summed E-state index contributed by atoms with van der Waals surface area (Å²) in [6, 6.07) is 48.6. The number of fused-ring (bicyclic) bond motifs is 2. The van der Waals surface area contributed by atoms with E-state index in [4.69, 9.17) is 0 Å². The second-order valence-electron chi connectivity index (χ2n) is 14.9. The molecule has 0 heterocycles. The molecule has 9 aromatic carbocycles. The predicted octanol–water partition coefficient (Wildman–Crippen LogP) is 14.6. The van der Waals surface area contributed by atoms with Gasteiger partial charge in [-0.1, -0.05) is 78.9 Å². The molecule has 0 aliphatic heterocycles. The van der Waals surface area contributed by atoms with E-state index in [9.17, 15) is 0 Å². The minimum atomic E-state index is 1.27. The molecule has 9 aromatic rings. The van der Waals surface area contributed by atoms with Crippen molar-refractivity contribution >= 4 is 43.1 Å². The van der Waals surface area contributed by atoms with Gasteiger partial charge in [0, 0.05) is 0 Å². The fourth-order valence-electron chi connectivity index (χ4n) is 9.18. The van der Waals surface area contributed by atoms with E-state index in [-0.39, 0.29) is 0 Å². The van der Waals surface area contributed by atoms with Crippen LogP contribution in [0.3, 0.4) is 0 Å². The van der Waals surface area contributed by atoms with Gasteiger partial charge in [0.1, 0.15) is 0 Å². The Morgan fingerprint density at radius 1 is 0.275 bits per heavy atom. The zero-order valence-corrected chi connectivity index (χ0v) is 30.6. The highest BCUT2D eigenvalue weighted by Gasteiger charge is 2.21. The molecule has 9 rings (SSSR count). The Bertz CT molecular complexity index is 2800. The summed E-state index contributed by atoms with van der Waals surface area (Å²) in [6.07, 6.45) is 0. The quantitative estimate of drug-likeness (QED) is 0.131. The van der Waals surface area contributed by atoms with E-state index in [0.29, 0.717) is 0 Å². The van der Waals surface area contributed by atoms with Crippen LogP contribution in [0.15, 0.2) is 127 Å². The smallest absolute Gasteiger partial charge is 0.00255 e. The third kappa shape index (κ3) is 4.89. The summed E-state index contributed by atoms with van der Waals surface area (Å²) in [6.45, 7) is 15.7. The second-order valence-corrected chi connectivity index (χ2v) is 14.9. The SMILES string of the molecule is Cc1ccccc1-c1cc2cc(-c3c(C)cccc3C)cc3c4cc(-c5c(C)cccc5C)cc5cc(-c6c(C)cccc6C)cc(c(c1)c23)c54. The van der Waals surface area contributed by atoms with Crippen LogP contribution in [-0.2, 0) is 0 Å². The van der Waals surface area contributed by atoms with Crippen LogP contribution in [0.25, 0.3) is 87.6 Å². The molecule has 0 bridgehead atoms. The Morgan fingerprint density at radius 2 is 0.569 bits per heavy atom. The summed E-state index contributed by atoms with van der Waals surface area (Å²) in [4.78, 5) is 0. The van der Waals surface area contributed by atoms with Crippen LogP contribution in [0.2, 0.25) is 0 Å². The minimum absolute atomic E-state index is 1.27. The monoisotopic (exact) mass is 654 g/mol. The fourth-order valence-corrected chi connectivity index (χ4v) is 9.18. The van der Waals surface area contributed by atoms with Gasteiger partial charge in [0.25, 0.3) is 0 Å². The highest BCUT2D eigenvalue weighted by atomic mass is 14.2. The van der Waals surface area contributed by atoms with E-state index in [1.807, 2.05) is 0 Å². The van der Waals surface area contributed by atoms with Crippen LogP contribution in [0.1, 0.15) is 38.9 Å². The van der Waals surface area contributed by atoms with E-state index in [2.05, 4.69) is 176 Å². The van der Waals surface area contributed by atoms with Gasteiger partial charge in [-0.05, 0) is 224 Å². The summed E-state index contributed by atoms with van der Waals surface area (Å²) in [5.41, 5.74) is 19.5. The van der Waals surface area contributed by atoms with Crippen molar-refractivity contribution in [2.45, 2.75) is 48.5 Å². The first-order chi connectivity index (χ1) is 24.7. The Hall–Kier alpha value is -5.72. The molecule has 0 aliphatic carbocycles. The Kier molecular flexibility index (Phi) is 7.16. The van der Waals surface area contributed by atoms with E-state index >= 15 is 0 Å². The van der Waals surface area contributed by atoms with Crippen LogP contribution in [0.4, 0.5) is 0 Å². The van der Waals surface area contributed by atoms with Gasteiger partial charge in [0.15, 0.2) is 0 Å². The maximum Gasteiger partial charge on any atom is -0.00255 e. The molecule has 0 radical (unpaired) electrons. The lowest BCUT2D eigenvalue weighted by Gasteiger charge is -2.21. The average molecular weight is 655 g/mol. The first-order valence-electron chi connectivity index (χ1n) is 18.2. The topological polar surface area (TPSA) is 0 Å². The molecule has 246 valence electrons. The standard InChI is InChI=1S/C51H42/c1-29-13-8-9-20-42(29)36-21-37-22-39(47-30(2)14-10-15-31(47)3)27-45-46-28-41(49-34(6)18-12-19-35(49)7)24-38-23-40(48-32(4)16-11-17-33(48)5)26-44(51(38)46)43(25-36)50(37)45/h8-28H,1-7H3. The van der Waals surface area contributed by atoms with Crippen molar-refractivity contribution in [1.82, 2.24) is 0 Å². The first kappa shape index (κ1) is 31.3. The lowest BCUT2D eigenvalue weighted by atomic mass is 9.82. The van der Waals surface area contributed by atoms with Crippen molar-refractivity contribution in [3.63, 3.8) is 0 Å². The van der Waals surface area contributed by atoms with Crippen molar-refractivity contribution in [2.24, 2.45) is 0 Å². The summed E-state index contributed by atoms with van der Waals surface area (Å²) >= 11 is 0. The number of aryl methyl sites for hydroxylation is 7. The highest BCUT2D eigenvalue weighted by molar-refractivity contribution is 6.35. The zero-order chi connectivity index (χ0) is 35.1.